The maximum Gasteiger partial charge on any atom is 0.253 e. The Bertz CT molecular complexity index is 593. The van der Waals surface area contributed by atoms with Gasteiger partial charge < -0.3 is 4.90 Å². The fourth-order valence-corrected chi connectivity index (χ4v) is 3.19. The van der Waals surface area contributed by atoms with E-state index >= 15 is 0 Å². The third-order valence-electron chi connectivity index (χ3n) is 3.53. The molecule has 116 valence electrons. The van der Waals surface area contributed by atoms with Crippen molar-refractivity contribution in [2.45, 2.75) is 0 Å². The molecule has 0 N–H and O–H groups in total. The molecule has 0 saturated carbocycles. The number of benzene rings is 1. The van der Waals surface area contributed by atoms with Crippen LogP contribution in [-0.2, 0) is 9.84 Å². The molecule has 0 aliphatic carbocycles. The van der Waals surface area contributed by atoms with Crippen molar-refractivity contribution in [1.29, 1.82) is 0 Å². The fraction of sp³-hybridized carbons (Fsp3) is 0.500. The summed E-state index contributed by atoms with van der Waals surface area (Å²) in [5, 5.41) is 0. The van der Waals surface area contributed by atoms with E-state index in [9.17, 15) is 13.2 Å². The third-order valence-corrected chi connectivity index (χ3v) is 5.17. The van der Waals surface area contributed by atoms with Gasteiger partial charge in [-0.15, -0.1) is 0 Å². The Balaban J connectivity index is 1.86. The number of rotatable bonds is 4. The average molecular weight is 422 g/mol. The lowest BCUT2D eigenvalue weighted by atomic mass is 10.2. The number of hydrogen-bond acceptors (Lipinski definition) is 4. The first kappa shape index (κ1) is 16.7. The molecular weight excluding hydrogens is 403 g/mol. The van der Waals surface area contributed by atoms with Gasteiger partial charge in [-0.25, -0.2) is 8.42 Å². The normalized spacial score (nSPS) is 17.0. The highest BCUT2D eigenvalue weighted by molar-refractivity contribution is 14.1. The Morgan fingerprint density at radius 1 is 1.14 bits per heavy atom. The van der Waals surface area contributed by atoms with Gasteiger partial charge in [0.15, 0.2) is 0 Å². The summed E-state index contributed by atoms with van der Waals surface area (Å²) in [7, 11) is -2.92. The van der Waals surface area contributed by atoms with Crippen LogP contribution in [0.25, 0.3) is 0 Å². The van der Waals surface area contributed by atoms with Gasteiger partial charge in [0.25, 0.3) is 5.91 Å². The molecule has 2 rings (SSSR count). The second-order valence-corrected chi connectivity index (χ2v) is 8.78. The topological polar surface area (TPSA) is 57.7 Å². The van der Waals surface area contributed by atoms with Crippen molar-refractivity contribution in [2.24, 2.45) is 0 Å². The van der Waals surface area contributed by atoms with Crippen molar-refractivity contribution in [2.75, 3.05) is 44.7 Å². The number of carbonyl (C=O) groups is 1. The van der Waals surface area contributed by atoms with E-state index in [0.717, 1.165) is 16.7 Å². The molecule has 1 aromatic carbocycles. The molecule has 0 atom stereocenters. The van der Waals surface area contributed by atoms with Gasteiger partial charge in [-0.2, -0.15) is 0 Å². The molecule has 7 heteroatoms. The van der Waals surface area contributed by atoms with Crippen molar-refractivity contribution in [3.05, 3.63) is 33.4 Å². The first-order valence-corrected chi connectivity index (χ1v) is 9.94. The summed E-state index contributed by atoms with van der Waals surface area (Å²) < 4.78 is 23.4. The lowest BCUT2D eigenvalue weighted by Crippen LogP contribution is -2.49. The zero-order valence-corrected chi connectivity index (χ0v) is 14.9. The van der Waals surface area contributed by atoms with Crippen LogP contribution in [0.15, 0.2) is 24.3 Å². The monoisotopic (exact) mass is 422 g/mol. The molecule has 1 heterocycles. The molecule has 1 amide bonds. The summed E-state index contributed by atoms with van der Waals surface area (Å²) >= 11 is 2.21. The van der Waals surface area contributed by atoms with E-state index in [2.05, 4.69) is 27.5 Å². The largest absolute Gasteiger partial charge is 0.336 e. The zero-order chi connectivity index (χ0) is 15.5. The summed E-state index contributed by atoms with van der Waals surface area (Å²) in [6, 6.07) is 7.55. The molecule has 1 aliphatic rings. The quantitative estimate of drug-likeness (QED) is 0.682. The molecule has 5 nitrogen and oxygen atoms in total. The van der Waals surface area contributed by atoms with Gasteiger partial charge in [-0.3, -0.25) is 9.69 Å². The first-order chi connectivity index (χ1) is 9.85. The van der Waals surface area contributed by atoms with Crippen LogP contribution in [0.1, 0.15) is 10.4 Å². The third kappa shape index (κ3) is 5.23. The van der Waals surface area contributed by atoms with Crippen LogP contribution in [0.4, 0.5) is 0 Å². The van der Waals surface area contributed by atoms with E-state index in [1.165, 1.54) is 6.26 Å². The van der Waals surface area contributed by atoms with Crippen LogP contribution in [0.2, 0.25) is 0 Å². The second kappa shape index (κ2) is 7.06. The highest BCUT2D eigenvalue weighted by Gasteiger charge is 2.22. The lowest BCUT2D eigenvalue weighted by Gasteiger charge is -2.34. The van der Waals surface area contributed by atoms with Gasteiger partial charge in [-0.1, -0.05) is 0 Å². The van der Waals surface area contributed by atoms with Crippen LogP contribution in [-0.4, -0.2) is 68.9 Å². The molecule has 0 aromatic heterocycles. The van der Waals surface area contributed by atoms with E-state index in [4.69, 9.17) is 0 Å². The molecule has 0 spiro atoms. The zero-order valence-electron chi connectivity index (χ0n) is 12.0. The van der Waals surface area contributed by atoms with Gasteiger partial charge in [0.1, 0.15) is 9.84 Å². The summed E-state index contributed by atoms with van der Waals surface area (Å²) in [4.78, 5) is 16.3. The summed E-state index contributed by atoms with van der Waals surface area (Å²) in [5.41, 5.74) is 0.708. The predicted molar refractivity (Wildman–Crippen MR) is 91.2 cm³/mol. The van der Waals surface area contributed by atoms with Gasteiger partial charge in [0.05, 0.1) is 5.75 Å². The first-order valence-electron chi connectivity index (χ1n) is 6.80. The molecule has 1 aliphatic heterocycles. The van der Waals surface area contributed by atoms with Crippen molar-refractivity contribution in [3.63, 3.8) is 0 Å². The van der Waals surface area contributed by atoms with Crippen LogP contribution in [0, 0.1) is 3.57 Å². The van der Waals surface area contributed by atoms with E-state index in [1.807, 2.05) is 29.2 Å². The van der Waals surface area contributed by atoms with Crippen molar-refractivity contribution in [3.8, 4) is 0 Å². The minimum Gasteiger partial charge on any atom is -0.336 e. The number of halogens is 1. The van der Waals surface area contributed by atoms with Gasteiger partial charge in [-0.05, 0) is 46.9 Å². The highest BCUT2D eigenvalue weighted by Crippen LogP contribution is 2.11. The van der Waals surface area contributed by atoms with Gasteiger partial charge >= 0.3 is 0 Å². The number of amides is 1. The van der Waals surface area contributed by atoms with Crippen LogP contribution >= 0.6 is 22.6 Å². The Morgan fingerprint density at radius 3 is 2.24 bits per heavy atom. The van der Waals surface area contributed by atoms with Gasteiger partial charge in [0.2, 0.25) is 0 Å². The fourth-order valence-electron chi connectivity index (χ4n) is 2.24. The molecule has 1 aromatic rings. The molecule has 21 heavy (non-hydrogen) atoms. The smallest absolute Gasteiger partial charge is 0.253 e. The molecule has 0 radical (unpaired) electrons. The van der Waals surface area contributed by atoms with Crippen LogP contribution in [0.5, 0.6) is 0 Å². The Hall–Kier alpha value is -0.670. The molecule has 0 bridgehead atoms. The summed E-state index contributed by atoms with van der Waals surface area (Å²) in [5.74, 6) is 0.229. The second-order valence-electron chi connectivity index (χ2n) is 5.27. The summed E-state index contributed by atoms with van der Waals surface area (Å²) in [6.45, 7) is 3.30. The Kier molecular flexibility index (Phi) is 5.61. The minimum atomic E-state index is -2.92. The predicted octanol–water partition coefficient (Wildman–Crippen LogP) is 1.09. The number of nitrogens with zero attached hydrogens (tertiary/aromatic N) is 2. The van der Waals surface area contributed by atoms with Crippen molar-refractivity contribution in [1.82, 2.24) is 9.80 Å². The maximum atomic E-state index is 12.3. The number of carbonyl (C=O) groups excluding carboxylic acids is 1. The number of hydrogen-bond donors (Lipinski definition) is 0. The summed E-state index contributed by atoms with van der Waals surface area (Å²) in [6.07, 6.45) is 1.25. The molecule has 1 fully saturated rings. The average Bonchev–Trinajstić information content (AvgIpc) is 2.45. The van der Waals surface area contributed by atoms with Crippen molar-refractivity contribution < 1.29 is 13.2 Å². The van der Waals surface area contributed by atoms with Crippen LogP contribution in [0.3, 0.4) is 0 Å². The molecular formula is C14H19IN2O3S. The number of piperazine rings is 1. The standard InChI is InChI=1S/C14H19IN2O3S/c1-21(19,20)11-10-16-6-8-17(9-7-16)14(18)12-2-4-13(15)5-3-12/h2-5H,6-11H2,1H3. The Morgan fingerprint density at radius 2 is 1.71 bits per heavy atom. The van der Waals surface area contributed by atoms with E-state index < -0.39 is 9.84 Å². The lowest BCUT2D eigenvalue weighted by molar-refractivity contribution is 0.0644. The van der Waals surface area contributed by atoms with Crippen LogP contribution < -0.4 is 0 Å². The van der Waals surface area contributed by atoms with Gasteiger partial charge in [0, 0.05) is 48.1 Å². The SMILES string of the molecule is CS(=O)(=O)CCN1CCN(C(=O)c2ccc(I)cc2)CC1. The highest BCUT2D eigenvalue weighted by atomic mass is 127. The maximum absolute atomic E-state index is 12.3. The molecule has 1 saturated heterocycles. The number of sulfone groups is 1. The van der Waals surface area contributed by atoms with E-state index in [1.54, 1.807) is 0 Å². The van der Waals surface area contributed by atoms with E-state index in [-0.39, 0.29) is 11.7 Å². The molecule has 0 unspecified atom stereocenters. The van der Waals surface area contributed by atoms with E-state index in [0.29, 0.717) is 25.2 Å². The Labute approximate surface area is 139 Å². The van der Waals surface area contributed by atoms with Crippen molar-refractivity contribution >= 4 is 38.3 Å². The minimum absolute atomic E-state index is 0.0502.